The van der Waals surface area contributed by atoms with Crippen LogP contribution in [-0.4, -0.2) is 61.2 Å². The lowest BCUT2D eigenvalue weighted by atomic mass is 9.86. The van der Waals surface area contributed by atoms with E-state index < -0.39 is 23.7 Å². The maximum Gasteiger partial charge on any atom is 0.408 e. The van der Waals surface area contributed by atoms with Crippen LogP contribution in [0, 0.1) is 12.3 Å². The van der Waals surface area contributed by atoms with Crippen molar-refractivity contribution in [3.8, 4) is 23.5 Å². The highest BCUT2D eigenvalue weighted by Gasteiger charge is 2.46. The first kappa shape index (κ1) is 23.3. The molecule has 1 amide bonds. The van der Waals surface area contributed by atoms with E-state index in [4.69, 9.17) is 6.42 Å². The van der Waals surface area contributed by atoms with Gasteiger partial charge in [-0.25, -0.2) is 9.97 Å². The third kappa shape index (κ3) is 4.33. The van der Waals surface area contributed by atoms with Gasteiger partial charge in [-0.2, -0.15) is 23.4 Å². The molecule has 178 valence electrons. The fourth-order valence-electron chi connectivity index (χ4n) is 3.87. The number of anilines is 1. The first-order valence-corrected chi connectivity index (χ1v) is 10.6. The standard InChI is InChI=1S/C22H23F3N8O/c1-4-6-21(33-11-15(7-29-33)16-8-28-31-17(16)5-2)12-32(13-21)19-10-26-18(9-27-19)20(34)30-14(3)22(23,24)25/h1,7-11,14H,5-6,12-13H2,2-3H3,(H,28,31)(H,30,34)/t14-/m0/s1. The summed E-state index contributed by atoms with van der Waals surface area (Å²) in [6.07, 6.45) is 10.4. The third-order valence-corrected chi connectivity index (χ3v) is 5.87. The second-order valence-electron chi connectivity index (χ2n) is 8.23. The molecule has 4 rings (SSSR count). The molecule has 1 aliphatic rings. The second kappa shape index (κ2) is 8.81. The van der Waals surface area contributed by atoms with Crippen molar-refractivity contribution in [2.24, 2.45) is 0 Å². The van der Waals surface area contributed by atoms with E-state index in [0.29, 0.717) is 25.3 Å². The Labute approximate surface area is 193 Å². The number of amides is 1. The highest BCUT2D eigenvalue weighted by Crippen LogP contribution is 2.36. The van der Waals surface area contributed by atoms with Gasteiger partial charge in [-0.05, 0) is 13.3 Å². The normalized spacial score (nSPS) is 15.9. The number of carbonyl (C=O) groups excluding carboxylic acids is 1. The Balaban J connectivity index is 1.46. The Bertz CT molecular complexity index is 1200. The van der Waals surface area contributed by atoms with Crippen molar-refractivity contribution in [3.63, 3.8) is 0 Å². The molecule has 0 spiro atoms. The maximum absolute atomic E-state index is 12.7. The van der Waals surface area contributed by atoms with Gasteiger partial charge in [0.2, 0.25) is 0 Å². The summed E-state index contributed by atoms with van der Waals surface area (Å²) < 4.78 is 39.8. The van der Waals surface area contributed by atoms with Gasteiger partial charge in [-0.3, -0.25) is 14.6 Å². The zero-order valence-corrected chi connectivity index (χ0v) is 18.6. The number of nitrogens with zero attached hydrogens (tertiary/aromatic N) is 6. The van der Waals surface area contributed by atoms with Crippen LogP contribution in [0.15, 0.2) is 31.0 Å². The van der Waals surface area contributed by atoms with Gasteiger partial charge in [-0.1, -0.05) is 6.92 Å². The van der Waals surface area contributed by atoms with E-state index in [1.807, 2.05) is 34.2 Å². The maximum atomic E-state index is 12.7. The number of halogens is 3. The topological polar surface area (TPSA) is 105 Å². The fraction of sp³-hybridized carbons (Fsp3) is 0.409. The molecule has 1 saturated heterocycles. The summed E-state index contributed by atoms with van der Waals surface area (Å²) in [5.41, 5.74) is 2.23. The van der Waals surface area contributed by atoms with E-state index in [1.54, 1.807) is 6.20 Å². The number of alkyl halides is 3. The van der Waals surface area contributed by atoms with Crippen molar-refractivity contribution < 1.29 is 18.0 Å². The van der Waals surface area contributed by atoms with Gasteiger partial charge in [0.15, 0.2) is 0 Å². The van der Waals surface area contributed by atoms with Crippen molar-refractivity contribution in [2.75, 3.05) is 18.0 Å². The lowest BCUT2D eigenvalue weighted by Crippen LogP contribution is -2.63. The quantitative estimate of drug-likeness (QED) is 0.512. The number of H-pyrrole nitrogens is 1. The van der Waals surface area contributed by atoms with E-state index in [0.717, 1.165) is 36.4 Å². The van der Waals surface area contributed by atoms with Crippen LogP contribution in [0.25, 0.3) is 11.1 Å². The average molecular weight is 472 g/mol. The first-order valence-electron chi connectivity index (χ1n) is 10.6. The number of rotatable bonds is 7. The Morgan fingerprint density at radius 3 is 2.71 bits per heavy atom. The van der Waals surface area contributed by atoms with Gasteiger partial charge in [0, 0.05) is 43.0 Å². The number of hydrogen-bond donors (Lipinski definition) is 2. The second-order valence-corrected chi connectivity index (χ2v) is 8.23. The van der Waals surface area contributed by atoms with Gasteiger partial charge in [0.25, 0.3) is 5.91 Å². The number of carbonyl (C=O) groups is 1. The summed E-state index contributed by atoms with van der Waals surface area (Å²) in [5.74, 6) is 2.26. The summed E-state index contributed by atoms with van der Waals surface area (Å²) in [5, 5.41) is 13.5. The monoisotopic (exact) mass is 472 g/mol. The van der Waals surface area contributed by atoms with Gasteiger partial charge < -0.3 is 10.2 Å². The van der Waals surface area contributed by atoms with Crippen LogP contribution in [0.1, 0.15) is 36.5 Å². The van der Waals surface area contributed by atoms with Gasteiger partial charge in [0.1, 0.15) is 23.1 Å². The summed E-state index contributed by atoms with van der Waals surface area (Å²) in [6.45, 7) is 3.91. The third-order valence-electron chi connectivity index (χ3n) is 5.87. The lowest BCUT2D eigenvalue weighted by molar-refractivity contribution is -0.149. The molecule has 3 aromatic heterocycles. The van der Waals surface area contributed by atoms with Crippen LogP contribution >= 0.6 is 0 Å². The van der Waals surface area contributed by atoms with Gasteiger partial charge in [0.05, 0.1) is 24.3 Å². The number of aromatic amines is 1. The number of terminal acetylenes is 1. The molecule has 1 fully saturated rings. The van der Waals surface area contributed by atoms with Crippen molar-refractivity contribution in [3.05, 3.63) is 42.4 Å². The molecule has 9 nitrogen and oxygen atoms in total. The molecule has 2 N–H and O–H groups in total. The molecule has 34 heavy (non-hydrogen) atoms. The molecular formula is C22H23F3N8O. The molecule has 0 bridgehead atoms. The predicted molar refractivity (Wildman–Crippen MR) is 118 cm³/mol. The smallest absolute Gasteiger partial charge is 0.350 e. The largest absolute Gasteiger partial charge is 0.408 e. The molecular weight excluding hydrogens is 449 g/mol. The molecule has 0 saturated carbocycles. The average Bonchev–Trinajstić information content (AvgIpc) is 3.44. The predicted octanol–water partition coefficient (Wildman–Crippen LogP) is 2.55. The van der Waals surface area contributed by atoms with Crippen molar-refractivity contribution in [1.82, 2.24) is 35.3 Å². The highest BCUT2D eigenvalue weighted by molar-refractivity contribution is 5.92. The van der Waals surface area contributed by atoms with Crippen molar-refractivity contribution in [1.29, 1.82) is 0 Å². The molecule has 0 aromatic carbocycles. The van der Waals surface area contributed by atoms with E-state index in [1.165, 1.54) is 6.20 Å². The summed E-state index contributed by atoms with van der Waals surface area (Å²) in [6, 6.07) is -1.99. The molecule has 1 aliphatic heterocycles. The summed E-state index contributed by atoms with van der Waals surface area (Å²) >= 11 is 0. The minimum Gasteiger partial charge on any atom is -0.350 e. The minimum absolute atomic E-state index is 0.196. The van der Waals surface area contributed by atoms with Crippen molar-refractivity contribution >= 4 is 11.7 Å². The summed E-state index contributed by atoms with van der Waals surface area (Å²) in [4.78, 5) is 22.1. The summed E-state index contributed by atoms with van der Waals surface area (Å²) in [7, 11) is 0. The highest BCUT2D eigenvalue weighted by atomic mass is 19.4. The molecule has 12 heteroatoms. The SMILES string of the molecule is C#CCC1(n2cc(-c3c[nH]nc3CC)cn2)CN(c2cnc(C(=O)N[C@@H](C)C(F)(F)F)cn2)C1. The van der Waals surface area contributed by atoms with E-state index in [2.05, 4.69) is 31.2 Å². The van der Waals surface area contributed by atoms with E-state index >= 15 is 0 Å². The van der Waals surface area contributed by atoms with Crippen LogP contribution in [0.2, 0.25) is 0 Å². The van der Waals surface area contributed by atoms with Gasteiger partial charge >= 0.3 is 6.18 Å². The number of aromatic nitrogens is 6. The molecule has 0 radical (unpaired) electrons. The Hall–Kier alpha value is -3.88. The van der Waals surface area contributed by atoms with Crippen LogP contribution in [0.4, 0.5) is 19.0 Å². The zero-order valence-electron chi connectivity index (χ0n) is 18.6. The van der Waals surface area contributed by atoms with Crippen LogP contribution in [0.3, 0.4) is 0 Å². The fourth-order valence-corrected chi connectivity index (χ4v) is 3.87. The minimum atomic E-state index is -4.54. The molecule has 3 aromatic rings. The van der Waals surface area contributed by atoms with Crippen LogP contribution in [0.5, 0.6) is 0 Å². The van der Waals surface area contributed by atoms with E-state index in [-0.39, 0.29) is 5.69 Å². The number of nitrogens with one attached hydrogen (secondary N) is 2. The van der Waals surface area contributed by atoms with Gasteiger partial charge in [-0.15, -0.1) is 12.3 Å². The Morgan fingerprint density at radius 2 is 2.09 bits per heavy atom. The first-order chi connectivity index (χ1) is 16.2. The van der Waals surface area contributed by atoms with Crippen molar-refractivity contribution in [2.45, 2.75) is 44.4 Å². The number of hydrogen-bond acceptors (Lipinski definition) is 6. The Morgan fingerprint density at radius 1 is 1.32 bits per heavy atom. The van der Waals surface area contributed by atoms with Crippen LogP contribution in [-0.2, 0) is 12.0 Å². The molecule has 0 aliphatic carbocycles. The Kier molecular flexibility index (Phi) is 6.03. The molecule has 0 unspecified atom stereocenters. The molecule has 4 heterocycles. The van der Waals surface area contributed by atoms with E-state index in [9.17, 15) is 18.0 Å². The lowest BCUT2D eigenvalue weighted by Gasteiger charge is -2.49. The number of aryl methyl sites for hydroxylation is 1. The zero-order chi connectivity index (χ0) is 24.5. The molecule has 1 atom stereocenters. The van der Waals surface area contributed by atoms with Crippen LogP contribution < -0.4 is 10.2 Å².